The fourth-order valence-electron chi connectivity index (χ4n) is 2.86. The molecule has 1 aliphatic heterocycles. The van der Waals surface area contributed by atoms with Crippen LogP contribution >= 0.6 is 11.6 Å². The van der Waals surface area contributed by atoms with E-state index < -0.39 is 6.04 Å². The molecule has 2 atom stereocenters. The standard InChI is InChI=1S/C17H22ClNO4/c1-11-8-12(4-6-14(11)18)5-7-16(20)19-10-13(22-2)9-15(19)17(21)23-3/h4,6,8,13,15H,5,7,9-10H2,1-3H3/t13-,15+/m0/s1. The van der Waals surface area contributed by atoms with Crippen molar-refractivity contribution in [1.82, 2.24) is 4.90 Å². The van der Waals surface area contributed by atoms with E-state index in [4.69, 9.17) is 21.1 Å². The molecular weight excluding hydrogens is 318 g/mol. The Hall–Kier alpha value is -1.59. The third-order valence-electron chi connectivity index (χ3n) is 4.24. The van der Waals surface area contributed by atoms with Gasteiger partial charge in [0.2, 0.25) is 5.91 Å². The summed E-state index contributed by atoms with van der Waals surface area (Å²) in [5.74, 6) is -0.451. The summed E-state index contributed by atoms with van der Waals surface area (Å²) in [7, 11) is 2.92. The highest BCUT2D eigenvalue weighted by Crippen LogP contribution is 2.23. The normalized spacial score (nSPS) is 20.6. The lowest BCUT2D eigenvalue weighted by atomic mass is 10.1. The molecular formula is C17H22ClNO4. The summed E-state index contributed by atoms with van der Waals surface area (Å²) in [4.78, 5) is 25.9. The molecule has 126 valence electrons. The molecule has 1 aliphatic rings. The maximum absolute atomic E-state index is 12.5. The number of carbonyl (C=O) groups is 2. The van der Waals surface area contributed by atoms with Crippen LogP contribution < -0.4 is 0 Å². The monoisotopic (exact) mass is 339 g/mol. The van der Waals surface area contributed by atoms with Crippen LogP contribution in [-0.4, -0.2) is 49.7 Å². The van der Waals surface area contributed by atoms with Crippen LogP contribution in [0.25, 0.3) is 0 Å². The summed E-state index contributed by atoms with van der Waals surface area (Å²) in [5.41, 5.74) is 2.04. The van der Waals surface area contributed by atoms with Crippen molar-refractivity contribution in [1.29, 1.82) is 0 Å². The van der Waals surface area contributed by atoms with Gasteiger partial charge in [0.15, 0.2) is 0 Å². The first-order chi connectivity index (χ1) is 11.0. The number of carbonyl (C=O) groups excluding carboxylic acids is 2. The number of ether oxygens (including phenoxy) is 2. The van der Waals surface area contributed by atoms with Crippen LogP contribution in [0.3, 0.4) is 0 Å². The van der Waals surface area contributed by atoms with Crippen molar-refractivity contribution in [2.45, 2.75) is 38.3 Å². The molecule has 1 saturated heterocycles. The minimum Gasteiger partial charge on any atom is -0.467 e. The number of nitrogens with zero attached hydrogens (tertiary/aromatic N) is 1. The van der Waals surface area contributed by atoms with Gasteiger partial charge in [0.25, 0.3) is 0 Å². The zero-order valence-corrected chi connectivity index (χ0v) is 14.4. The van der Waals surface area contributed by atoms with Crippen LogP contribution in [0, 0.1) is 6.92 Å². The first-order valence-electron chi connectivity index (χ1n) is 7.61. The fraction of sp³-hybridized carbons (Fsp3) is 0.529. The Morgan fingerprint density at radius 1 is 1.35 bits per heavy atom. The van der Waals surface area contributed by atoms with Crippen LogP contribution in [0.5, 0.6) is 0 Å². The number of benzene rings is 1. The zero-order chi connectivity index (χ0) is 17.0. The van der Waals surface area contributed by atoms with Crippen molar-refractivity contribution in [2.24, 2.45) is 0 Å². The van der Waals surface area contributed by atoms with Gasteiger partial charge in [-0.05, 0) is 30.5 Å². The minimum absolute atomic E-state index is 0.0625. The van der Waals surface area contributed by atoms with Crippen molar-refractivity contribution < 1.29 is 19.1 Å². The van der Waals surface area contributed by atoms with Crippen molar-refractivity contribution in [2.75, 3.05) is 20.8 Å². The van der Waals surface area contributed by atoms with E-state index >= 15 is 0 Å². The van der Waals surface area contributed by atoms with Crippen LogP contribution in [0.4, 0.5) is 0 Å². The van der Waals surface area contributed by atoms with Gasteiger partial charge in [-0.2, -0.15) is 0 Å². The van der Waals surface area contributed by atoms with Crippen LogP contribution in [0.15, 0.2) is 18.2 Å². The third-order valence-corrected chi connectivity index (χ3v) is 4.66. The Kier molecular flexibility index (Phi) is 6.02. The van der Waals surface area contributed by atoms with Gasteiger partial charge in [-0.25, -0.2) is 4.79 Å². The number of amides is 1. The average Bonchev–Trinajstić information content (AvgIpc) is 2.99. The predicted molar refractivity (Wildman–Crippen MR) is 87.4 cm³/mol. The highest BCUT2D eigenvalue weighted by atomic mass is 35.5. The molecule has 1 aromatic carbocycles. The molecule has 0 saturated carbocycles. The second kappa shape index (κ2) is 7.79. The first-order valence-corrected chi connectivity index (χ1v) is 7.99. The Balaban J connectivity index is 2.00. The summed E-state index contributed by atoms with van der Waals surface area (Å²) < 4.78 is 10.1. The van der Waals surface area contributed by atoms with Gasteiger partial charge in [-0.3, -0.25) is 4.79 Å². The van der Waals surface area contributed by atoms with Gasteiger partial charge in [-0.1, -0.05) is 23.7 Å². The Bertz CT molecular complexity index is 590. The Morgan fingerprint density at radius 3 is 2.70 bits per heavy atom. The molecule has 23 heavy (non-hydrogen) atoms. The summed E-state index contributed by atoms with van der Waals surface area (Å²) >= 11 is 6.01. The number of esters is 1. The molecule has 1 aromatic rings. The highest BCUT2D eigenvalue weighted by Gasteiger charge is 2.40. The van der Waals surface area contributed by atoms with Crippen molar-refractivity contribution >= 4 is 23.5 Å². The van der Waals surface area contributed by atoms with Gasteiger partial charge in [0, 0.05) is 31.5 Å². The summed E-state index contributed by atoms with van der Waals surface area (Å²) in [5, 5.41) is 0.716. The summed E-state index contributed by atoms with van der Waals surface area (Å²) in [6.45, 7) is 2.36. The van der Waals surface area contributed by atoms with Gasteiger partial charge >= 0.3 is 5.97 Å². The molecule has 2 rings (SSSR count). The number of halogens is 1. The number of aryl methyl sites for hydroxylation is 2. The van der Waals surface area contributed by atoms with E-state index in [1.54, 1.807) is 12.0 Å². The fourth-order valence-corrected chi connectivity index (χ4v) is 2.98. The van der Waals surface area contributed by atoms with E-state index in [0.717, 1.165) is 11.1 Å². The maximum atomic E-state index is 12.5. The molecule has 0 unspecified atom stereocenters. The molecule has 0 aliphatic carbocycles. The van der Waals surface area contributed by atoms with E-state index in [-0.39, 0.29) is 18.0 Å². The molecule has 1 fully saturated rings. The third kappa shape index (κ3) is 4.24. The second-order valence-corrected chi connectivity index (χ2v) is 6.17. The predicted octanol–water partition coefficient (Wildman–Crippen LogP) is 2.37. The number of likely N-dealkylation sites (tertiary alicyclic amines) is 1. The Labute approximate surface area is 141 Å². The topological polar surface area (TPSA) is 55.8 Å². The number of methoxy groups -OCH3 is 2. The van der Waals surface area contributed by atoms with Crippen LogP contribution in [0.2, 0.25) is 5.02 Å². The van der Waals surface area contributed by atoms with Crippen molar-refractivity contribution in [3.63, 3.8) is 0 Å². The van der Waals surface area contributed by atoms with E-state index in [1.807, 2.05) is 25.1 Å². The SMILES string of the molecule is COC(=O)[C@H]1C[C@H](OC)CN1C(=O)CCc1ccc(Cl)c(C)c1. The maximum Gasteiger partial charge on any atom is 0.328 e. The second-order valence-electron chi connectivity index (χ2n) is 5.76. The number of rotatable bonds is 5. The summed E-state index contributed by atoms with van der Waals surface area (Å²) in [6, 6.07) is 5.19. The molecule has 5 nitrogen and oxygen atoms in total. The average molecular weight is 340 g/mol. The molecule has 0 spiro atoms. The lowest BCUT2D eigenvalue weighted by Gasteiger charge is -2.22. The van der Waals surface area contributed by atoms with Crippen molar-refractivity contribution in [3.05, 3.63) is 34.3 Å². The molecule has 0 bridgehead atoms. The molecule has 0 radical (unpaired) electrons. The lowest BCUT2D eigenvalue weighted by Crippen LogP contribution is -2.41. The lowest BCUT2D eigenvalue weighted by molar-refractivity contribution is -0.150. The van der Waals surface area contributed by atoms with E-state index in [0.29, 0.717) is 30.8 Å². The molecule has 1 amide bonds. The van der Waals surface area contributed by atoms with Crippen LogP contribution in [-0.2, 0) is 25.5 Å². The summed E-state index contributed by atoms with van der Waals surface area (Å²) in [6.07, 6.45) is 1.31. The smallest absolute Gasteiger partial charge is 0.328 e. The number of hydrogen-bond acceptors (Lipinski definition) is 4. The van der Waals surface area contributed by atoms with E-state index in [1.165, 1.54) is 7.11 Å². The Morgan fingerprint density at radius 2 is 2.09 bits per heavy atom. The van der Waals surface area contributed by atoms with Gasteiger partial charge < -0.3 is 14.4 Å². The van der Waals surface area contributed by atoms with E-state index in [2.05, 4.69) is 0 Å². The van der Waals surface area contributed by atoms with Crippen LogP contribution in [0.1, 0.15) is 24.0 Å². The van der Waals surface area contributed by atoms with Gasteiger partial charge in [-0.15, -0.1) is 0 Å². The molecule has 6 heteroatoms. The van der Waals surface area contributed by atoms with Gasteiger partial charge in [0.1, 0.15) is 6.04 Å². The molecule has 0 N–H and O–H groups in total. The first kappa shape index (κ1) is 17.8. The largest absolute Gasteiger partial charge is 0.467 e. The minimum atomic E-state index is -0.551. The van der Waals surface area contributed by atoms with Gasteiger partial charge in [0.05, 0.1) is 13.2 Å². The molecule has 1 heterocycles. The van der Waals surface area contributed by atoms with E-state index in [9.17, 15) is 9.59 Å². The highest BCUT2D eigenvalue weighted by molar-refractivity contribution is 6.31. The zero-order valence-electron chi connectivity index (χ0n) is 13.7. The number of hydrogen-bond donors (Lipinski definition) is 0. The molecule has 0 aromatic heterocycles. The quantitative estimate of drug-likeness (QED) is 0.773. The van der Waals surface area contributed by atoms with Crippen molar-refractivity contribution in [3.8, 4) is 0 Å².